The lowest BCUT2D eigenvalue weighted by Crippen LogP contribution is -2.33. The summed E-state index contributed by atoms with van der Waals surface area (Å²) in [7, 11) is 0. The quantitative estimate of drug-likeness (QED) is 0.857. The first-order chi connectivity index (χ1) is 9.63. The Morgan fingerprint density at radius 1 is 1.20 bits per heavy atom. The Morgan fingerprint density at radius 3 is 2.55 bits per heavy atom. The number of halogens is 1. The Hall–Kier alpha value is -1.09. The highest BCUT2D eigenvalue weighted by atomic mass is 19.1. The summed E-state index contributed by atoms with van der Waals surface area (Å²) < 4.78 is 13.4. The first-order valence-electron chi connectivity index (χ1n) is 7.86. The van der Waals surface area contributed by atoms with Gasteiger partial charge in [-0.2, -0.15) is 0 Å². The average Bonchev–Trinajstić information content (AvgIpc) is 2.41. The highest BCUT2D eigenvalue weighted by Gasteiger charge is 2.22. The fourth-order valence-electron chi connectivity index (χ4n) is 3.29. The number of phenolic OH excluding ortho intramolecular Hbond substituents is 1. The zero-order chi connectivity index (χ0) is 14.5. The van der Waals surface area contributed by atoms with Crippen molar-refractivity contribution in [1.29, 1.82) is 0 Å². The number of hydrogen-bond donors (Lipinski definition) is 1. The molecule has 0 aromatic heterocycles. The molecule has 2 rings (SSSR count). The van der Waals surface area contributed by atoms with Crippen LogP contribution in [0.3, 0.4) is 0 Å². The molecule has 0 heterocycles. The topological polar surface area (TPSA) is 23.5 Å². The second-order valence-corrected chi connectivity index (χ2v) is 5.98. The van der Waals surface area contributed by atoms with E-state index in [0.717, 1.165) is 50.0 Å². The maximum Gasteiger partial charge on any atom is 0.165 e. The molecule has 0 amide bonds. The third-order valence-corrected chi connectivity index (χ3v) is 4.20. The molecule has 1 unspecified atom stereocenters. The number of phenols is 1. The monoisotopic (exact) mass is 279 g/mol. The van der Waals surface area contributed by atoms with Crippen molar-refractivity contribution in [3.8, 4) is 5.75 Å². The van der Waals surface area contributed by atoms with Crippen molar-refractivity contribution in [1.82, 2.24) is 4.90 Å². The maximum absolute atomic E-state index is 13.4. The van der Waals surface area contributed by atoms with Crippen LogP contribution in [0.2, 0.25) is 0 Å². The Labute approximate surface area is 121 Å². The minimum absolute atomic E-state index is 0.205. The number of hydrogen-bond acceptors (Lipinski definition) is 2. The van der Waals surface area contributed by atoms with Gasteiger partial charge in [0, 0.05) is 6.54 Å². The molecule has 2 nitrogen and oxygen atoms in total. The van der Waals surface area contributed by atoms with E-state index in [2.05, 4.69) is 18.7 Å². The van der Waals surface area contributed by atoms with Gasteiger partial charge in [-0.1, -0.05) is 13.8 Å². The number of rotatable bonds is 6. The molecule has 1 aliphatic carbocycles. The number of fused-ring (bicyclic) bond motifs is 1. The molecular weight excluding hydrogens is 253 g/mol. The molecule has 3 heteroatoms. The molecule has 0 bridgehead atoms. The largest absolute Gasteiger partial charge is 0.505 e. The van der Waals surface area contributed by atoms with Crippen LogP contribution in [0.1, 0.15) is 44.2 Å². The molecule has 1 aromatic carbocycles. The maximum atomic E-state index is 13.4. The molecule has 0 fully saturated rings. The molecule has 1 aromatic rings. The van der Waals surface area contributed by atoms with E-state index in [0.29, 0.717) is 5.92 Å². The molecule has 0 radical (unpaired) electrons. The third kappa shape index (κ3) is 3.72. The van der Waals surface area contributed by atoms with E-state index >= 15 is 0 Å². The molecule has 0 aliphatic heterocycles. The standard InChI is InChI=1S/C17H26FNO/c1-3-7-19(8-4-2)12-13-5-6-14-10-16(18)17(20)11-15(14)9-13/h10-11,13,20H,3-9,12H2,1-2H3. The zero-order valence-electron chi connectivity index (χ0n) is 12.7. The Bertz CT molecular complexity index is 441. The smallest absolute Gasteiger partial charge is 0.165 e. The minimum Gasteiger partial charge on any atom is -0.505 e. The van der Waals surface area contributed by atoms with Crippen LogP contribution >= 0.6 is 0 Å². The van der Waals surface area contributed by atoms with Crippen molar-refractivity contribution in [3.05, 3.63) is 29.1 Å². The summed E-state index contributed by atoms with van der Waals surface area (Å²) in [6.07, 6.45) is 5.40. The van der Waals surface area contributed by atoms with Gasteiger partial charge in [-0.3, -0.25) is 0 Å². The van der Waals surface area contributed by atoms with Crippen molar-refractivity contribution >= 4 is 0 Å². The minimum atomic E-state index is -0.485. The first kappa shape index (κ1) is 15.3. The van der Waals surface area contributed by atoms with Crippen molar-refractivity contribution in [3.63, 3.8) is 0 Å². The molecule has 1 N–H and O–H groups in total. The van der Waals surface area contributed by atoms with E-state index < -0.39 is 5.82 Å². The molecular formula is C17H26FNO. The van der Waals surface area contributed by atoms with Crippen molar-refractivity contribution < 1.29 is 9.50 Å². The predicted molar refractivity (Wildman–Crippen MR) is 80.6 cm³/mol. The normalized spacial score (nSPS) is 18.3. The molecule has 112 valence electrons. The number of aryl methyl sites for hydroxylation is 1. The van der Waals surface area contributed by atoms with Crippen LogP contribution in [-0.4, -0.2) is 29.6 Å². The van der Waals surface area contributed by atoms with Gasteiger partial charge in [-0.05, 0) is 74.4 Å². The van der Waals surface area contributed by atoms with E-state index in [4.69, 9.17) is 0 Å². The van der Waals surface area contributed by atoms with Gasteiger partial charge >= 0.3 is 0 Å². The lowest BCUT2D eigenvalue weighted by molar-refractivity contribution is 0.219. The lowest BCUT2D eigenvalue weighted by atomic mass is 9.83. The SMILES string of the molecule is CCCN(CCC)CC1CCc2cc(F)c(O)cc2C1. The molecule has 0 saturated carbocycles. The van der Waals surface area contributed by atoms with Crippen molar-refractivity contribution in [2.24, 2.45) is 5.92 Å². The van der Waals surface area contributed by atoms with Crippen molar-refractivity contribution in [2.75, 3.05) is 19.6 Å². The van der Waals surface area contributed by atoms with Gasteiger partial charge in [-0.15, -0.1) is 0 Å². The van der Waals surface area contributed by atoms with Crippen LogP contribution < -0.4 is 0 Å². The fourth-order valence-corrected chi connectivity index (χ4v) is 3.29. The van der Waals surface area contributed by atoms with Crippen molar-refractivity contribution in [2.45, 2.75) is 46.0 Å². The van der Waals surface area contributed by atoms with Crippen LogP contribution in [0.5, 0.6) is 5.75 Å². The predicted octanol–water partition coefficient (Wildman–Crippen LogP) is 3.76. The van der Waals surface area contributed by atoms with E-state index in [-0.39, 0.29) is 5.75 Å². The van der Waals surface area contributed by atoms with Crippen LogP contribution in [-0.2, 0) is 12.8 Å². The summed E-state index contributed by atoms with van der Waals surface area (Å²) in [6.45, 7) is 7.89. The van der Waals surface area contributed by atoms with Crippen LogP contribution in [0.15, 0.2) is 12.1 Å². The summed E-state index contributed by atoms with van der Waals surface area (Å²) in [4.78, 5) is 2.54. The van der Waals surface area contributed by atoms with Gasteiger partial charge in [0.25, 0.3) is 0 Å². The highest BCUT2D eigenvalue weighted by molar-refractivity contribution is 5.38. The third-order valence-electron chi connectivity index (χ3n) is 4.20. The van der Waals surface area contributed by atoms with Gasteiger partial charge in [0.1, 0.15) is 0 Å². The van der Waals surface area contributed by atoms with Gasteiger partial charge in [0.05, 0.1) is 0 Å². The number of nitrogens with zero attached hydrogens (tertiary/aromatic N) is 1. The second-order valence-electron chi connectivity index (χ2n) is 5.98. The fraction of sp³-hybridized carbons (Fsp3) is 0.647. The average molecular weight is 279 g/mol. The number of aromatic hydroxyl groups is 1. The molecule has 1 aliphatic rings. The van der Waals surface area contributed by atoms with E-state index in [9.17, 15) is 9.50 Å². The van der Waals surface area contributed by atoms with Crippen LogP contribution in [0.4, 0.5) is 4.39 Å². The van der Waals surface area contributed by atoms with E-state index in [1.807, 2.05) is 0 Å². The molecule has 20 heavy (non-hydrogen) atoms. The molecule has 0 spiro atoms. The Kier molecular flexibility index (Phi) is 5.41. The van der Waals surface area contributed by atoms with Gasteiger partial charge in [0.15, 0.2) is 11.6 Å². The summed E-state index contributed by atoms with van der Waals surface area (Å²) in [5.74, 6) is -0.0605. The Balaban J connectivity index is 2.01. The number of benzene rings is 1. The molecule has 1 atom stereocenters. The summed E-state index contributed by atoms with van der Waals surface area (Å²) in [5.41, 5.74) is 2.21. The van der Waals surface area contributed by atoms with Crippen LogP contribution in [0, 0.1) is 11.7 Å². The van der Waals surface area contributed by atoms with Gasteiger partial charge in [0.2, 0.25) is 0 Å². The van der Waals surface area contributed by atoms with E-state index in [1.54, 1.807) is 6.07 Å². The summed E-state index contributed by atoms with van der Waals surface area (Å²) in [6, 6.07) is 3.14. The highest BCUT2D eigenvalue weighted by Crippen LogP contribution is 2.30. The lowest BCUT2D eigenvalue weighted by Gasteiger charge is -2.30. The molecule has 0 saturated heterocycles. The summed E-state index contributed by atoms with van der Waals surface area (Å²) >= 11 is 0. The summed E-state index contributed by atoms with van der Waals surface area (Å²) in [5, 5.41) is 9.53. The van der Waals surface area contributed by atoms with Gasteiger partial charge in [-0.25, -0.2) is 4.39 Å². The first-order valence-corrected chi connectivity index (χ1v) is 7.86. The van der Waals surface area contributed by atoms with Crippen LogP contribution in [0.25, 0.3) is 0 Å². The second kappa shape index (κ2) is 7.07. The van der Waals surface area contributed by atoms with E-state index in [1.165, 1.54) is 18.9 Å². The van der Waals surface area contributed by atoms with Gasteiger partial charge < -0.3 is 10.0 Å². The Morgan fingerprint density at radius 2 is 1.90 bits per heavy atom. The zero-order valence-corrected chi connectivity index (χ0v) is 12.7.